The van der Waals surface area contributed by atoms with Gasteiger partial charge < -0.3 is 11.2 Å². The van der Waals surface area contributed by atoms with Gasteiger partial charge >= 0.3 is 0 Å². The summed E-state index contributed by atoms with van der Waals surface area (Å²) in [6.07, 6.45) is 8.15. The highest BCUT2D eigenvalue weighted by molar-refractivity contribution is 7.99. The number of carbonyl (C=O) groups excluding carboxylic acids is 1. The van der Waals surface area contributed by atoms with Gasteiger partial charge in [0.05, 0.1) is 5.75 Å². The summed E-state index contributed by atoms with van der Waals surface area (Å²) in [6.45, 7) is 4.24. The Labute approximate surface area is 182 Å². The monoisotopic (exact) mass is 425 g/mol. The number of nitrogen functional groups attached to an aromatic ring is 1. The van der Waals surface area contributed by atoms with E-state index < -0.39 is 0 Å². The molecule has 0 unspecified atom stereocenters. The number of thioether (sulfide) groups is 1. The summed E-state index contributed by atoms with van der Waals surface area (Å²) >= 11 is 1.35. The average Bonchev–Trinajstić information content (AvgIpc) is 3.06. The summed E-state index contributed by atoms with van der Waals surface area (Å²) in [5, 5.41) is 12.3. The lowest BCUT2D eigenvalue weighted by atomic mass is 9.48. The van der Waals surface area contributed by atoms with Crippen LogP contribution in [-0.2, 0) is 4.79 Å². The molecule has 1 amide bonds. The zero-order valence-electron chi connectivity index (χ0n) is 17.8. The maximum atomic E-state index is 12.7. The SMILES string of the molecule is Cc1ccccc1-c1nnc(SCC(=O)N[C@@H](C)C23CC4CC(CC(C4)C2)C3)n1N. The molecule has 1 aromatic carbocycles. The van der Waals surface area contributed by atoms with Crippen molar-refractivity contribution < 1.29 is 4.79 Å². The van der Waals surface area contributed by atoms with E-state index in [1.807, 2.05) is 31.2 Å². The van der Waals surface area contributed by atoms with Crippen molar-refractivity contribution in [2.24, 2.45) is 23.2 Å². The van der Waals surface area contributed by atoms with E-state index >= 15 is 0 Å². The lowest BCUT2D eigenvalue weighted by molar-refractivity contribution is -0.123. The molecule has 160 valence electrons. The van der Waals surface area contributed by atoms with Crippen LogP contribution >= 0.6 is 11.8 Å². The normalized spacial score (nSPS) is 30.4. The molecule has 0 aliphatic heterocycles. The van der Waals surface area contributed by atoms with Crippen molar-refractivity contribution in [1.82, 2.24) is 20.2 Å². The molecule has 1 aromatic heterocycles. The lowest BCUT2D eigenvalue weighted by Crippen LogP contribution is -2.56. The van der Waals surface area contributed by atoms with Gasteiger partial charge in [-0.2, -0.15) is 0 Å². The topological polar surface area (TPSA) is 85.8 Å². The second-order valence-electron chi connectivity index (χ2n) is 9.85. The third-order valence-electron chi connectivity index (χ3n) is 7.76. The second-order valence-corrected chi connectivity index (χ2v) is 10.8. The maximum absolute atomic E-state index is 12.7. The molecule has 4 aliphatic carbocycles. The number of hydrogen-bond donors (Lipinski definition) is 2. The van der Waals surface area contributed by atoms with Gasteiger partial charge in [0.1, 0.15) is 0 Å². The first kappa shape index (κ1) is 19.9. The van der Waals surface area contributed by atoms with E-state index in [0.717, 1.165) is 28.9 Å². The van der Waals surface area contributed by atoms with Gasteiger partial charge in [-0.25, -0.2) is 4.68 Å². The summed E-state index contributed by atoms with van der Waals surface area (Å²) in [4.78, 5) is 12.7. The van der Waals surface area contributed by atoms with Crippen LogP contribution in [0.1, 0.15) is 51.0 Å². The molecule has 1 atom stereocenters. The maximum Gasteiger partial charge on any atom is 0.230 e. The molecule has 6 rings (SSSR count). The molecule has 3 N–H and O–H groups in total. The first-order valence-corrected chi connectivity index (χ1v) is 12.1. The molecule has 4 saturated carbocycles. The zero-order valence-corrected chi connectivity index (χ0v) is 18.6. The van der Waals surface area contributed by atoms with Crippen LogP contribution in [0.3, 0.4) is 0 Å². The van der Waals surface area contributed by atoms with Gasteiger partial charge in [0.2, 0.25) is 11.1 Å². The minimum absolute atomic E-state index is 0.0590. The van der Waals surface area contributed by atoms with Crippen LogP contribution in [0.2, 0.25) is 0 Å². The molecule has 30 heavy (non-hydrogen) atoms. The first-order chi connectivity index (χ1) is 14.4. The van der Waals surface area contributed by atoms with Crippen LogP contribution in [0, 0.1) is 30.1 Å². The quantitative estimate of drug-likeness (QED) is 0.543. The number of amides is 1. The molecule has 2 aromatic rings. The van der Waals surface area contributed by atoms with E-state index in [9.17, 15) is 4.79 Å². The predicted molar refractivity (Wildman–Crippen MR) is 119 cm³/mol. The van der Waals surface area contributed by atoms with Crippen molar-refractivity contribution in [2.45, 2.75) is 63.6 Å². The van der Waals surface area contributed by atoms with E-state index in [4.69, 9.17) is 5.84 Å². The van der Waals surface area contributed by atoms with Crippen molar-refractivity contribution in [2.75, 3.05) is 11.6 Å². The van der Waals surface area contributed by atoms with Gasteiger partial charge in [-0.15, -0.1) is 10.2 Å². The highest BCUT2D eigenvalue weighted by Crippen LogP contribution is 2.61. The Morgan fingerprint density at radius 1 is 1.20 bits per heavy atom. The average molecular weight is 426 g/mol. The number of aromatic nitrogens is 3. The molecule has 4 bridgehead atoms. The smallest absolute Gasteiger partial charge is 0.230 e. The van der Waals surface area contributed by atoms with Crippen molar-refractivity contribution >= 4 is 17.7 Å². The fraction of sp³-hybridized carbons (Fsp3) is 0.609. The standard InChI is InChI=1S/C23H31N5OS/c1-14-5-3-4-6-19(14)21-26-27-22(28(21)24)30-13-20(29)25-15(2)23-10-16-7-17(11-23)9-18(8-16)12-23/h3-6,15-18H,7-13,24H2,1-2H3,(H,25,29)/t15-,16?,17?,18?,23?/m0/s1. The van der Waals surface area contributed by atoms with Crippen LogP contribution in [0.25, 0.3) is 11.4 Å². The number of nitrogens with one attached hydrogen (secondary N) is 1. The van der Waals surface area contributed by atoms with Crippen LogP contribution < -0.4 is 11.2 Å². The Balaban J connectivity index is 1.21. The third kappa shape index (κ3) is 3.51. The molecular formula is C23H31N5OS. The Morgan fingerprint density at radius 2 is 1.83 bits per heavy atom. The molecule has 0 spiro atoms. The Morgan fingerprint density at radius 3 is 2.47 bits per heavy atom. The fourth-order valence-corrected chi connectivity index (χ4v) is 7.32. The molecule has 4 fully saturated rings. The number of hydrogen-bond acceptors (Lipinski definition) is 5. The number of carbonyl (C=O) groups is 1. The second kappa shape index (κ2) is 7.59. The van der Waals surface area contributed by atoms with E-state index in [1.165, 1.54) is 55.0 Å². The fourth-order valence-electron chi connectivity index (χ4n) is 6.66. The summed E-state index contributed by atoms with van der Waals surface area (Å²) in [5.41, 5.74) is 2.37. The number of benzene rings is 1. The Bertz CT molecular complexity index is 920. The van der Waals surface area contributed by atoms with Crippen LogP contribution in [0.5, 0.6) is 0 Å². The van der Waals surface area contributed by atoms with Crippen LogP contribution in [0.15, 0.2) is 29.4 Å². The minimum atomic E-state index is 0.0590. The highest BCUT2D eigenvalue weighted by atomic mass is 32.2. The van der Waals surface area contributed by atoms with E-state index in [0.29, 0.717) is 22.1 Å². The molecule has 0 radical (unpaired) electrons. The molecule has 7 heteroatoms. The molecule has 4 aliphatic rings. The first-order valence-electron chi connectivity index (χ1n) is 11.1. The predicted octanol–water partition coefficient (Wildman–Crippen LogP) is 3.78. The van der Waals surface area contributed by atoms with E-state index in [1.54, 1.807) is 0 Å². The van der Waals surface area contributed by atoms with Gasteiger partial charge in [0.25, 0.3) is 0 Å². The van der Waals surface area contributed by atoms with E-state index in [2.05, 4.69) is 22.4 Å². The summed E-state index contributed by atoms with van der Waals surface area (Å²) in [5.74, 6) is 9.89. The summed E-state index contributed by atoms with van der Waals surface area (Å²) in [7, 11) is 0. The van der Waals surface area contributed by atoms with Crippen molar-refractivity contribution in [3.05, 3.63) is 29.8 Å². The van der Waals surface area contributed by atoms with Crippen LogP contribution in [0.4, 0.5) is 0 Å². The Kier molecular flexibility index (Phi) is 5.04. The van der Waals surface area contributed by atoms with Crippen molar-refractivity contribution in [1.29, 1.82) is 0 Å². The largest absolute Gasteiger partial charge is 0.352 e. The number of rotatable bonds is 6. The van der Waals surface area contributed by atoms with Gasteiger partial charge in [-0.1, -0.05) is 36.0 Å². The van der Waals surface area contributed by atoms with Gasteiger partial charge in [-0.3, -0.25) is 4.79 Å². The molecular weight excluding hydrogens is 394 g/mol. The van der Waals surface area contributed by atoms with Gasteiger partial charge in [-0.05, 0) is 81.1 Å². The number of aryl methyl sites for hydroxylation is 1. The van der Waals surface area contributed by atoms with Gasteiger partial charge in [0, 0.05) is 11.6 Å². The van der Waals surface area contributed by atoms with Gasteiger partial charge in [0.15, 0.2) is 5.82 Å². The summed E-state index contributed by atoms with van der Waals surface area (Å²) < 4.78 is 1.49. The number of nitrogens with zero attached hydrogens (tertiary/aromatic N) is 3. The van der Waals surface area contributed by atoms with Crippen molar-refractivity contribution in [3.8, 4) is 11.4 Å². The molecule has 1 heterocycles. The lowest BCUT2D eigenvalue weighted by Gasteiger charge is -2.59. The van der Waals surface area contributed by atoms with Crippen LogP contribution in [-0.4, -0.2) is 32.6 Å². The zero-order chi connectivity index (χ0) is 20.9. The van der Waals surface area contributed by atoms with Crippen molar-refractivity contribution in [3.63, 3.8) is 0 Å². The highest BCUT2D eigenvalue weighted by Gasteiger charge is 2.53. The molecule has 6 nitrogen and oxygen atoms in total. The summed E-state index contributed by atoms with van der Waals surface area (Å²) in [6, 6.07) is 8.19. The van der Waals surface area contributed by atoms with E-state index in [-0.39, 0.29) is 11.9 Å². The third-order valence-corrected chi connectivity index (χ3v) is 8.71. The minimum Gasteiger partial charge on any atom is -0.352 e. The molecule has 0 saturated heterocycles. The Hall–Kier alpha value is -2.02. The number of nitrogens with two attached hydrogens (primary N) is 1.